The average Bonchev–Trinajstić information content (AvgIpc) is 2.99. The third-order valence-corrected chi connectivity index (χ3v) is 4.30. The summed E-state index contributed by atoms with van der Waals surface area (Å²) in [6, 6.07) is 12.5. The summed E-state index contributed by atoms with van der Waals surface area (Å²) in [6.07, 6.45) is 1.45. The first kappa shape index (κ1) is 17.8. The van der Waals surface area contributed by atoms with E-state index >= 15 is 0 Å². The van der Waals surface area contributed by atoms with Gasteiger partial charge in [-0.1, -0.05) is 65.1 Å². The van der Waals surface area contributed by atoms with Gasteiger partial charge in [0.1, 0.15) is 11.3 Å². The van der Waals surface area contributed by atoms with Crippen molar-refractivity contribution in [1.82, 2.24) is 9.78 Å². The van der Waals surface area contributed by atoms with Crippen LogP contribution in [0.4, 0.5) is 0 Å². The minimum atomic E-state index is -0.464. The lowest BCUT2D eigenvalue weighted by Crippen LogP contribution is -2.07. The van der Waals surface area contributed by atoms with E-state index in [1.165, 1.54) is 10.9 Å². The van der Waals surface area contributed by atoms with Crippen LogP contribution in [0.15, 0.2) is 48.7 Å². The van der Waals surface area contributed by atoms with Crippen molar-refractivity contribution in [2.24, 2.45) is 0 Å². The molecule has 0 aliphatic heterocycles. The van der Waals surface area contributed by atoms with Gasteiger partial charge in [0, 0.05) is 10.6 Å². The van der Waals surface area contributed by atoms with Gasteiger partial charge in [-0.05, 0) is 19.1 Å². The van der Waals surface area contributed by atoms with Crippen molar-refractivity contribution in [2.75, 3.05) is 6.61 Å². The number of nitrogens with zero attached hydrogens (tertiary/aromatic N) is 2. The van der Waals surface area contributed by atoms with Crippen LogP contribution in [0.1, 0.15) is 17.3 Å². The van der Waals surface area contributed by atoms with E-state index in [-0.39, 0.29) is 6.61 Å². The summed E-state index contributed by atoms with van der Waals surface area (Å²) >= 11 is 18.7. The molecule has 128 valence electrons. The topological polar surface area (TPSA) is 44.1 Å². The zero-order valence-corrected chi connectivity index (χ0v) is 15.4. The molecule has 25 heavy (non-hydrogen) atoms. The van der Waals surface area contributed by atoms with Crippen LogP contribution in [0.25, 0.3) is 16.9 Å². The van der Waals surface area contributed by atoms with Crippen molar-refractivity contribution in [3.8, 4) is 16.9 Å². The van der Waals surface area contributed by atoms with E-state index in [2.05, 4.69) is 5.10 Å². The van der Waals surface area contributed by atoms with Crippen molar-refractivity contribution >= 4 is 40.8 Å². The highest BCUT2D eigenvalue weighted by Crippen LogP contribution is 2.36. The summed E-state index contributed by atoms with van der Waals surface area (Å²) < 4.78 is 6.67. The number of benzene rings is 2. The highest BCUT2D eigenvalue weighted by molar-refractivity contribution is 6.40. The molecule has 7 heteroatoms. The lowest BCUT2D eigenvalue weighted by Gasteiger charge is -2.13. The van der Waals surface area contributed by atoms with Crippen molar-refractivity contribution in [2.45, 2.75) is 6.92 Å². The van der Waals surface area contributed by atoms with E-state index in [0.717, 1.165) is 5.56 Å². The standard InChI is InChI=1S/C18H13Cl3N2O2/c1-2-25-18(24)13-10-22-23(16(13)11-6-4-3-5-7-11)17-14(20)8-12(19)9-15(17)21/h3-10H,2H2,1H3. The largest absolute Gasteiger partial charge is 0.462 e. The fourth-order valence-corrected chi connectivity index (χ4v) is 3.46. The highest BCUT2D eigenvalue weighted by Gasteiger charge is 2.23. The van der Waals surface area contributed by atoms with Gasteiger partial charge in [0.25, 0.3) is 0 Å². The predicted molar refractivity (Wildman–Crippen MR) is 100.0 cm³/mol. The first-order valence-corrected chi connectivity index (χ1v) is 8.61. The normalized spacial score (nSPS) is 10.7. The maximum absolute atomic E-state index is 12.3. The summed E-state index contributed by atoms with van der Waals surface area (Å²) in [6.45, 7) is 2.01. The average molecular weight is 396 g/mol. The zero-order chi connectivity index (χ0) is 18.0. The Morgan fingerprint density at radius 2 is 1.76 bits per heavy atom. The van der Waals surface area contributed by atoms with Gasteiger partial charge in [-0.2, -0.15) is 5.10 Å². The second-order valence-electron chi connectivity index (χ2n) is 5.12. The summed E-state index contributed by atoms with van der Waals surface area (Å²) in [5.41, 5.74) is 2.10. The number of halogens is 3. The van der Waals surface area contributed by atoms with Crippen LogP contribution in [0.5, 0.6) is 0 Å². The molecule has 4 nitrogen and oxygen atoms in total. The summed E-state index contributed by atoms with van der Waals surface area (Å²) in [7, 11) is 0. The molecule has 3 rings (SSSR count). The van der Waals surface area contributed by atoms with Crippen LogP contribution in [-0.2, 0) is 4.74 Å². The molecule has 0 aliphatic rings. The second-order valence-corrected chi connectivity index (χ2v) is 6.37. The van der Waals surface area contributed by atoms with E-state index in [1.54, 1.807) is 19.1 Å². The summed E-state index contributed by atoms with van der Waals surface area (Å²) in [5, 5.41) is 5.39. The monoisotopic (exact) mass is 394 g/mol. The molecular formula is C18H13Cl3N2O2. The van der Waals surface area contributed by atoms with Crippen molar-refractivity contribution < 1.29 is 9.53 Å². The number of carbonyl (C=O) groups excluding carboxylic acids is 1. The van der Waals surface area contributed by atoms with Crippen LogP contribution < -0.4 is 0 Å². The molecule has 3 aromatic rings. The summed E-state index contributed by atoms with van der Waals surface area (Å²) in [5.74, 6) is -0.464. The Morgan fingerprint density at radius 1 is 1.12 bits per heavy atom. The number of ether oxygens (including phenoxy) is 1. The van der Waals surface area contributed by atoms with Crippen molar-refractivity contribution in [3.05, 3.63) is 69.3 Å². The van der Waals surface area contributed by atoms with Crippen LogP contribution in [0.3, 0.4) is 0 Å². The molecule has 0 bridgehead atoms. The Bertz CT molecular complexity index is 900. The van der Waals surface area contributed by atoms with Crippen LogP contribution >= 0.6 is 34.8 Å². The van der Waals surface area contributed by atoms with Gasteiger partial charge in [-0.25, -0.2) is 9.48 Å². The molecule has 0 atom stereocenters. The number of aromatic nitrogens is 2. The van der Waals surface area contributed by atoms with E-state index in [4.69, 9.17) is 39.5 Å². The van der Waals surface area contributed by atoms with E-state index < -0.39 is 5.97 Å². The molecule has 0 fully saturated rings. The number of carbonyl (C=O) groups is 1. The Balaban J connectivity index is 2.27. The van der Waals surface area contributed by atoms with Gasteiger partial charge in [-0.15, -0.1) is 0 Å². The SMILES string of the molecule is CCOC(=O)c1cnn(-c2c(Cl)cc(Cl)cc2Cl)c1-c1ccccc1. The van der Waals surface area contributed by atoms with E-state index in [0.29, 0.717) is 32.0 Å². The highest BCUT2D eigenvalue weighted by atomic mass is 35.5. The molecule has 1 heterocycles. The fraction of sp³-hybridized carbons (Fsp3) is 0.111. The predicted octanol–water partition coefficient (Wildman–Crippen LogP) is 5.68. The number of rotatable bonds is 4. The maximum atomic E-state index is 12.3. The molecular weight excluding hydrogens is 383 g/mol. The fourth-order valence-electron chi connectivity index (χ4n) is 2.49. The Kier molecular flexibility index (Phi) is 5.33. The van der Waals surface area contributed by atoms with Crippen molar-refractivity contribution in [3.63, 3.8) is 0 Å². The third kappa shape index (κ3) is 3.52. The Labute approximate surface area is 159 Å². The first-order chi connectivity index (χ1) is 12.0. The smallest absolute Gasteiger partial charge is 0.342 e. The van der Waals surface area contributed by atoms with Gasteiger partial charge >= 0.3 is 5.97 Å². The quantitative estimate of drug-likeness (QED) is 0.534. The van der Waals surface area contributed by atoms with Crippen molar-refractivity contribution in [1.29, 1.82) is 0 Å². The molecule has 1 aromatic heterocycles. The minimum absolute atomic E-state index is 0.265. The number of esters is 1. The third-order valence-electron chi connectivity index (χ3n) is 3.51. The van der Waals surface area contributed by atoms with Gasteiger partial charge in [0.15, 0.2) is 0 Å². The summed E-state index contributed by atoms with van der Waals surface area (Å²) in [4.78, 5) is 12.3. The van der Waals surface area contributed by atoms with Gasteiger partial charge in [0.2, 0.25) is 0 Å². The molecule has 0 amide bonds. The molecule has 0 radical (unpaired) electrons. The van der Waals surface area contributed by atoms with Crippen LogP contribution in [0.2, 0.25) is 15.1 Å². The molecule has 0 aliphatic carbocycles. The molecule has 0 saturated carbocycles. The molecule has 0 unspecified atom stereocenters. The zero-order valence-electron chi connectivity index (χ0n) is 13.2. The number of hydrogen-bond acceptors (Lipinski definition) is 3. The van der Waals surface area contributed by atoms with E-state index in [9.17, 15) is 4.79 Å². The van der Waals surface area contributed by atoms with Crippen LogP contribution in [-0.4, -0.2) is 22.4 Å². The molecule has 0 N–H and O–H groups in total. The molecule has 0 saturated heterocycles. The second kappa shape index (κ2) is 7.48. The lowest BCUT2D eigenvalue weighted by atomic mass is 10.1. The molecule has 0 spiro atoms. The minimum Gasteiger partial charge on any atom is -0.462 e. The van der Waals surface area contributed by atoms with Gasteiger partial charge in [-0.3, -0.25) is 0 Å². The van der Waals surface area contributed by atoms with Gasteiger partial charge < -0.3 is 4.74 Å². The van der Waals surface area contributed by atoms with Gasteiger partial charge in [0.05, 0.1) is 28.5 Å². The Morgan fingerprint density at radius 3 is 2.36 bits per heavy atom. The van der Waals surface area contributed by atoms with Crippen LogP contribution in [0, 0.1) is 0 Å². The Hall–Kier alpha value is -2.01. The number of hydrogen-bond donors (Lipinski definition) is 0. The lowest BCUT2D eigenvalue weighted by molar-refractivity contribution is 0.0527. The van der Waals surface area contributed by atoms with E-state index in [1.807, 2.05) is 30.3 Å². The first-order valence-electron chi connectivity index (χ1n) is 7.48. The maximum Gasteiger partial charge on any atom is 0.342 e. The molecule has 2 aromatic carbocycles.